The summed E-state index contributed by atoms with van der Waals surface area (Å²) >= 11 is 0. The highest BCUT2D eigenvalue weighted by molar-refractivity contribution is 7.89. The van der Waals surface area contributed by atoms with E-state index in [2.05, 4.69) is 0 Å². The average Bonchev–Trinajstić information content (AvgIpc) is 3.09. The van der Waals surface area contributed by atoms with Crippen molar-refractivity contribution in [1.29, 1.82) is 0 Å². The maximum atomic E-state index is 12.7. The van der Waals surface area contributed by atoms with Crippen LogP contribution in [0.2, 0.25) is 0 Å². The Hall–Kier alpha value is -2.18. The summed E-state index contributed by atoms with van der Waals surface area (Å²) in [4.78, 5) is 11.8. The van der Waals surface area contributed by atoms with Crippen molar-refractivity contribution in [3.8, 4) is 11.1 Å². The summed E-state index contributed by atoms with van der Waals surface area (Å²) in [5, 5.41) is 9.66. The van der Waals surface area contributed by atoms with E-state index in [4.69, 9.17) is 0 Å². The van der Waals surface area contributed by atoms with Crippen LogP contribution in [0.15, 0.2) is 41.3 Å². The molecule has 1 aliphatic carbocycles. The molecule has 0 radical (unpaired) electrons. The predicted molar refractivity (Wildman–Crippen MR) is 101 cm³/mol. The molecule has 0 saturated carbocycles. The van der Waals surface area contributed by atoms with Crippen LogP contribution in [0.3, 0.4) is 0 Å². The molecule has 0 fully saturated rings. The van der Waals surface area contributed by atoms with Gasteiger partial charge < -0.3 is 5.11 Å². The lowest BCUT2D eigenvalue weighted by Gasteiger charge is -2.19. The fourth-order valence-corrected chi connectivity index (χ4v) is 5.05. The van der Waals surface area contributed by atoms with Crippen LogP contribution in [0.5, 0.6) is 0 Å². The van der Waals surface area contributed by atoms with Crippen molar-refractivity contribution >= 4 is 16.0 Å². The number of benzene rings is 2. The summed E-state index contributed by atoms with van der Waals surface area (Å²) in [6, 6.07) is 10.4. The number of aromatic carboxylic acids is 1. The Balaban J connectivity index is 2.10. The van der Waals surface area contributed by atoms with E-state index in [1.807, 2.05) is 18.2 Å². The van der Waals surface area contributed by atoms with E-state index in [1.54, 1.807) is 19.9 Å². The van der Waals surface area contributed by atoms with Crippen molar-refractivity contribution in [3.05, 3.63) is 53.1 Å². The summed E-state index contributed by atoms with van der Waals surface area (Å²) in [5.74, 6) is -1.13. The Morgan fingerprint density at radius 1 is 1.04 bits per heavy atom. The molecule has 5 nitrogen and oxygen atoms in total. The van der Waals surface area contributed by atoms with E-state index in [1.165, 1.54) is 27.6 Å². The third kappa shape index (κ3) is 3.27. The first kappa shape index (κ1) is 18.6. The number of aryl methyl sites for hydroxylation is 2. The van der Waals surface area contributed by atoms with E-state index in [9.17, 15) is 18.3 Å². The Morgan fingerprint density at radius 2 is 1.73 bits per heavy atom. The quantitative estimate of drug-likeness (QED) is 0.840. The van der Waals surface area contributed by atoms with Gasteiger partial charge in [0.1, 0.15) is 0 Å². The molecule has 1 N–H and O–H groups in total. The van der Waals surface area contributed by atoms with Gasteiger partial charge >= 0.3 is 5.97 Å². The first-order chi connectivity index (χ1) is 12.4. The zero-order valence-corrected chi connectivity index (χ0v) is 15.8. The molecule has 2 aromatic carbocycles. The van der Waals surface area contributed by atoms with Crippen molar-refractivity contribution in [2.75, 3.05) is 13.1 Å². The summed E-state index contributed by atoms with van der Waals surface area (Å²) in [5.41, 5.74) is 3.93. The normalized spacial score (nSPS) is 13.8. The molecule has 0 aromatic heterocycles. The second-order valence-electron chi connectivity index (χ2n) is 6.44. The second-order valence-corrected chi connectivity index (χ2v) is 8.38. The topological polar surface area (TPSA) is 74.7 Å². The van der Waals surface area contributed by atoms with Crippen LogP contribution in [-0.2, 0) is 22.9 Å². The fourth-order valence-electron chi connectivity index (χ4n) is 3.56. The van der Waals surface area contributed by atoms with Gasteiger partial charge in [0.25, 0.3) is 0 Å². The zero-order chi connectivity index (χ0) is 18.9. The smallest absolute Gasteiger partial charge is 0.336 e. The van der Waals surface area contributed by atoms with Gasteiger partial charge in [0.05, 0.1) is 10.5 Å². The summed E-state index contributed by atoms with van der Waals surface area (Å²) in [7, 11) is -3.70. The van der Waals surface area contributed by atoms with Gasteiger partial charge in [-0.2, -0.15) is 4.31 Å². The van der Waals surface area contributed by atoms with Crippen molar-refractivity contribution in [3.63, 3.8) is 0 Å². The number of fused-ring (bicyclic) bond motifs is 1. The van der Waals surface area contributed by atoms with Gasteiger partial charge in [-0.3, -0.25) is 0 Å². The lowest BCUT2D eigenvalue weighted by atomic mass is 9.96. The van der Waals surface area contributed by atoms with Crippen LogP contribution in [0.4, 0.5) is 0 Å². The SMILES string of the molecule is CCN(CC)S(=O)(=O)c1ccc(-c2ccc3c(c2)CCC3)c(C(=O)O)c1. The molecule has 3 rings (SSSR count). The standard InChI is InChI=1S/C20H23NO4S/c1-3-21(4-2)26(24,25)17-10-11-18(19(13-17)20(22)23)16-9-8-14-6-5-7-15(14)12-16/h8-13H,3-7H2,1-2H3,(H,22,23). The van der Waals surface area contributed by atoms with E-state index < -0.39 is 16.0 Å². The molecule has 6 heteroatoms. The van der Waals surface area contributed by atoms with E-state index >= 15 is 0 Å². The Morgan fingerprint density at radius 3 is 2.38 bits per heavy atom. The number of hydrogen-bond acceptors (Lipinski definition) is 3. The second kappa shape index (κ2) is 7.21. The van der Waals surface area contributed by atoms with Gasteiger partial charge in [0, 0.05) is 13.1 Å². The van der Waals surface area contributed by atoms with Crippen molar-refractivity contribution < 1.29 is 18.3 Å². The molecule has 0 bridgehead atoms. The van der Waals surface area contributed by atoms with E-state index in [0.29, 0.717) is 18.7 Å². The largest absolute Gasteiger partial charge is 0.478 e. The Labute approximate surface area is 154 Å². The minimum atomic E-state index is -3.70. The van der Waals surface area contributed by atoms with Gasteiger partial charge in [-0.1, -0.05) is 38.1 Å². The average molecular weight is 373 g/mol. The number of nitrogens with zero attached hydrogens (tertiary/aromatic N) is 1. The molecule has 2 aromatic rings. The molecule has 0 aliphatic heterocycles. The van der Waals surface area contributed by atoms with Crippen LogP contribution in [0, 0.1) is 0 Å². The van der Waals surface area contributed by atoms with Crippen LogP contribution >= 0.6 is 0 Å². The highest BCUT2D eigenvalue weighted by atomic mass is 32.2. The fraction of sp³-hybridized carbons (Fsp3) is 0.350. The summed E-state index contributed by atoms with van der Waals surface area (Å²) < 4.78 is 26.7. The minimum absolute atomic E-state index is 0.0104. The van der Waals surface area contributed by atoms with Crippen molar-refractivity contribution in [1.82, 2.24) is 4.31 Å². The zero-order valence-electron chi connectivity index (χ0n) is 15.0. The van der Waals surface area contributed by atoms with Crippen LogP contribution in [0.1, 0.15) is 41.8 Å². The molecule has 0 unspecified atom stereocenters. The van der Waals surface area contributed by atoms with Crippen molar-refractivity contribution in [2.45, 2.75) is 38.0 Å². The maximum absolute atomic E-state index is 12.7. The van der Waals surface area contributed by atoms with Gasteiger partial charge in [-0.05, 0) is 53.6 Å². The number of sulfonamides is 1. The van der Waals surface area contributed by atoms with Gasteiger partial charge in [-0.15, -0.1) is 0 Å². The monoisotopic (exact) mass is 373 g/mol. The van der Waals surface area contributed by atoms with E-state index in [-0.39, 0.29) is 10.5 Å². The predicted octanol–water partition coefficient (Wildman–Crippen LogP) is 3.57. The molecule has 26 heavy (non-hydrogen) atoms. The number of carboxylic acids is 1. The molecule has 1 aliphatic rings. The minimum Gasteiger partial charge on any atom is -0.478 e. The third-order valence-corrected chi connectivity index (χ3v) is 7.02. The Kier molecular flexibility index (Phi) is 5.16. The molecule has 0 atom stereocenters. The van der Waals surface area contributed by atoms with Crippen LogP contribution in [0.25, 0.3) is 11.1 Å². The van der Waals surface area contributed by atoms with Crippen molar-refractivity contribution in [2.24, 2.45) is 0 Å². The number of hydrogen-bond donors (Lipinski definition) is 1. The highest BCUT2D eigenvalue weighted by Gasteiger charge is 2.24. The van der Waals surface area contributed by atoms with Crippen LogP contribution in [-0.4, -0.2) is 36.9 Å². The van der Waals surface area contributed by atoms with Gasteiger partial charge in [-0.25, -0.2) is 13.2 Å². The first-order valence-corrected chi connectivity index (χ1v) is 10.3. The third-order valence-electron chi connectivity index (χ3n) is 4.97. The Bertz CT molecular complexity index is 946. The molecular weight excluding hydrogens is 350 g/mol. The van der Waals surface area contributed by atoms with E-state index in [0.717, 1.165) is 24.8 Å². The van der Waals surface area contributed by atoms with Gasteiger partial charge in [0.15, 0.2) is 0 Å². The van der Waals surface area contributed by atoms with Crippen LogP contribution < -0.4 is 0 Å². The molecule has 0 spiro atoms. The molecular formula is C20H23NO4S. The number of carboxylic acid groups (broad SMARTS) is 1. The molecule has 0 heterocycles. The first-order valence-electron chi connectivity index (χ1n) is 8.88. The summed E-state index contributed by atoms with van der Waals surface area (Å²) in [6.07, 6.45) is 3.17. The summed E-state index contributed by atoms with van der Waals surface area (Å²) in [6.45, 7) is 4.21. The van der Waals surface area contributed by atoms with Gasteiger partial charge in [0.2, 0.25) is 10.0 Å². The number of rotatable bonds is 6. The molecule has 0 saturated heterocycles. The highest BCUT2D eigenvalue weighted by Crippen LogP contribution is 2.31. The molecule has 0 amide bonds. The maximum Gasteiger partial charge on any atom is 0.336 e. The lowest BCUT2D eigenvalue weighted by molar-refractivity contribution is 0.0697. The molecule has 138 valence electrons. The number of carbonyl (C=O) groups is 1. The lowest BCUT2D eigenvalue weighted by Crippen LogP contribution is -2.30.